The van der Waals surface area contributed by atoms with E-state index in [0.717, 1.165) is 3.93 Å². The fourth-order valence-corrected chi connectivity index (χ4v) is 2.68. The molecular formula is C13H15Br3N8O2. The molecule has 2 aromatic rings. The van der Waals surface area contributed by atoms with Crippen molar-refractivity contribution < 1.29 is 9.59 Å². The third kappa shape index (κ3) is 6.14. The van der Waals surface area contributed by atoms with Gasteiger partial charge in [0.1, 0.15) is 21.8 Å². The number of halogens is 3. The van der Waals surface area contributed by atoms with Crippen LogP contribution in [0.15, 0.2) is 35.6 Å². The summed E-state index contributed by atoms with van der Waals surface area (Å²) in [6, 6.07) is -0.403. The Morgan fingerprint density at radius 3 is 1.81 bits per heavy atom. The average Bonchev–Trinajstić information content (AvgIpc) is 2.75. The van der Waals surface area contributed by atoms with Crippen LogP contribution in [0.25, 0.3) is 0 Å². The van der Waals surface area contributed by atoms with Crippen molar-refractivity contribution in [3.8, 4) is 0 Å². The summed E-state index contributed by atoms with van der Waals surface area (Å²) in [4.78, 5) is 37.2. The van der Waals surface area contributed by atoms with Gasteiger partial charge >= 0.3 is 6.03 Å². The number of imide groups is 1. The maximum absolute atomic E-state index is 11.2. The lowest BCUT2D eigenvalue weighted by molar-refractivity contribution is -0.127. The summed E-state index contributed by atoms with van der Waals surface area (Å²) in [5.41, 5.74) is 9.61. The molecule has 0 atom stereocenters. The Morgan fingerprint density at radius 1 is 0.962 bits per heavy atom. The van der Waals surface area contributed by atoms with Crippen molar-refractivity contribution in [2.75, 3.05) is 11.5 Å². The minimum absolute atomic E-state index is 0.278. The van der Waals surface area contributed by atoms with Crippen LogP contribution in [-0.2, 0) is 4.79 Å². The van der Waals surface area contributed by atoms with Crippen molar-refractivity contribution in [1.82, 2.24) is 27.8 Å². The minimum atomic E-state index is -0.805. The van der Waals surface area contributed by atoms with Crippen molar-refractivity contribution >= 4 is 71.8 Å². The van der Waals surface area contributed by atoms with Gasteiger partial charge < -0.3 is 11.5 Å². The lowest BCUT2D eigenvalue weighted by Crippen LogP contribution is -2.37. The third-order valence-electron chi connectivity index (χ3n) is 2.75. The van der Waals surface area contributed by atoms with E-state index in [-0.39, 0.29) is 5.91 Å². The molecule has 0 spiro atoms. The predicted octanol–water partition coefficient (Wildman–Crippen LogP) is 2.53. The van der Waals surface area contributed by atoms with Gasteiger partial charge in [-0.3, -0.25) is 9.78 Å². The zero-order valence-electron chi connectivity index (χ0n) is 13.7. The highest BCUT2D eigenvalue weighted by molar-refractivity contribution is 9.10. The van der Waals surface area contributed by atoms with Crippen molar-refractivity contribution in [2.24, 2.45) is 0 Å². The molecule has 1 aliphatic rings. The van der Waals surface area contributed by atoms with Gasteiger partial charge in [-0.25, -0.2) is 23.7 Å². The van der Waals surface area contributed by atoms with Crippen LogP contribution in [-0.4, -0.2) is 45.3 Å². The van der Waals surface area contributed by atoms with Crippen molar-refractivity contribution in [2.45, 2.75) is 19.4 Å². The van der Waals surface area contributed by atoms with Crippen LogP contribution in [0, 0.1) is 0 Å². The van der Waals surface area contributed by atoms with E-state index >= 15 is 0 Å². The number of amides is 3. The van der Waals surface area contributed by atoms with Gasteiger partial charge in [0.15, 0.2) is 0 Å². The van der Waals surface area contributed by atoms with Crippen LogP contribution in [0.1, 0.15) is 13.8 Å². The predicted molar refractivity (Wildman–Crippen MR) is 107 cm³/mol. The van der Waals surface area contributed by atoms with Crippen LogP contribution in [0.5, 0.6) is 0 Å². The summed E-state index contributed by atoms with van der Waals surface area (Å²) in [6.45, 7) is 3.31. The van der Waals surface area contributed by atoms with Crippen LogP contribution in [0.3, 0.4) is 0 Å². The van der Waals surface area contributed by atoms with E-state index in [9.17, 15) is 9.59 Å². The Balaban J connectivity index is 0.000000201. The highest BCUT2D eigenvalue weighted by Gasteiger charge is 2.50. The first-order chi connectivity index (χ1) is 12.1. The Morgan fingerprint density at radius 2 is 1.58 bits per heavy atom. The smallest absolute Gasteiger partial charge is 0.348 e. The molecule has 2 aromatic heterocycles. The van der Waals surface area contributed by atoms with Gasteiger partial charge in [-0.15, -0.1) is 0 Å². The van der Waals surface area contributed by atoms with Gasteiger partial charge in [0.2, 0.25) is 0 Å². The molecule has 26 heavy (non-hydrogen) atoms. The molecule has 0 aliphatic carbocycles. The number of carbonyl (C=O) groups is 2. The van der Waals surface area contributed by atoms with E-state index in [2.05, 4.69) is 68.2 Å². The summed E-state index contributed by atoms with van der Waals surface area (Å²) in [5, 5.41) is 0. The first-order valence-electron chi connectivity index (χ1n) is 6.82. The molecule has 1 aliphatic heterocycles. The average molecular weight is 555 g/mol. The molecule has 10 nitrogen and oxygen atoms in total. The van der Waals surface area contributed by atoms with Crippen molar-refractivity contribution in [1.29, 1.82) is 0 Å². The van der Waals surface area contributed by atoms with E-state index < -0.39 is 11.6 Å². The fourth-order valence-electron chi connectivity index (χ4n) is 1.36. The van der Waals surface area contributed by atoms with Crippen LogP contribution < -0.4 is 11.5 Å². The summed E-state index contributed by atoms with van der Waals surface area (Å²) in [7, 11) is 0. The Labute approximate surface area is 175 Å². The number of nitrogen functional groups attached to an aromatic ring is 2. The van der Waals surface area contributed by atoms with Gasteiger partial charge in [0.05, 0.1) is 50.9 Å². The Hall–Kier alpha value is -1.86. The standard InChI is InChI=1S/C5H6Br2N2O2.C4H4BrN3.C4H5N3/c1-5(2)3(10)8(6)4(11)9(5)7;5-3-1-8-4(6)2-7-3;5-4-3-6-1-2-7-4/h1-2H3;1-2H,(H2,6,8);1-3H,(H2,5,7). The second-order valence-corrected chi connectivity index (χ2v) is 7.33. The SMILES string of the molecule is CC1(C)C(=O)N(Br)C(=O)N1Br.Nc1cnc(Br)cn1.Nc1cnccn1. The second kappa shape index (κ2) is 9.73. The van der Waals surface area contributed by atoms with Gasteiger partial charge in [0, 0.05) is 12.4 Å². The van der Waals surface area contributed by atoms with Crippen molar-refractivity contribution in [3.05, 3.63) is 35.6 Å². The highest BCUT2D eigenvalue weighted by Crippen LogP contribution is 2.32. The lowest BCUT2D eigenvalue weighted by Gasteiger charge is -2.19. The molecule has 140 valence electrons. The number of nitrogens with zero attached hydrogens (tertiary/aromatic N) is 6. The Bertz CT molecular complexity index is 724. The van der Waals surface area contributed by atoms with Gasteiger partial charge in [-0.05, 0) is 29.8 Å². The highest BCUT2D eigenvalue weighted by atomic mass is 79.9. The molecule has 0 radical (unpaired) electrons. The van der Waals surface area contributed by atoms with Crippen molar-refractivity contribution in [3.63, 3.8) is 0 Å². The first kappa shape index (κ1) is 22.2. The molecule has 0 unspecified atom stereocenters. The minimum Gasteiger partial charge on any atom is -0.382 e. The molecule has 0 saturated carbocycles. The monoisotopic (exact) mass is 552 g/mol. The van der Waals surface area contributed by atoms with E-state index in [0.29, 0.717) is 16.2 Å². The van der Waals surface area contributed by atoms with Gasteiger partial charge in [-0.1, -0.05) is 0 Å². The zero-order valence-corrected chi connectivity index (χ0v) is 18.4. The summed E-state index contributed by atoms with van der Waals surface area (Å²) in [6.07, 6.45) is 7.67. The summed E-state index contributed by atoms with van der Waals surface area (Å²) < 4.78 is 2.81. The molecule has 3 rings (SSSR count). The number of nitrogens with two attached hydrogens (primary N) is 2. The van der Waals surface area contributed by atoms with E-state index in [4.69, 9.17) is 11.5 Å². The molecule has 1 fully saturated rings. The molecular weight excluding hydrogens is 540 g/mol. The molecule has 4 N–H and O–H groups in total. The molecule has 3 amide bonds. The van der Waals surface area contributed by atoms with Crippen LogP contribution in [0.2, 0.25) is 0 Å². The normalized spacial score (nSPS) is 15.0. The second-order valence-electron chi connectivity index (χ2n) is 5.10. The van der Waals surface area contributed by atoms with Gasteiger partial charge in [-0.2, -0.15) is 3.93 Å². The maximum Gasteiger partial charge on any atom is 0.348 e. The molecule has 13 heteroatoms. The van der Waals surface area contributed by atoms with Crippen LogP contribution >= 0.6 is 48.2 Å². The molecule has 3 heterocycles. The van der Waals surface area contributed by atoms with E-state index in [1.54, 1.807) is 32.4 Å². The third-order valence-corrected chi connectivity index (χ3v) is 4.98. The topological polar surface area (TPSA) is 144 Å². The number of urea groups is 1. The quantitative estimate of drug-likeness (QED) is 0.373. The maximum atomic E-state index is 11.2. The van der Waals surface area contributed by atoms with E-state index in [1.165, 1.54) is 16.3 Å². The summed E-state index contributed by atoms with van der Waals surface area (Å²) >= 11 is 8.96. The molecule has 0 aromatic carbocycles. The number of hydrogen-bond acceptors (Lipinski definition) is 8. The number of rotatable bonds is 0. The number of hydrogen-bond donors (Lipinski definition) is 2. The van der Waals surface area contributed by atoms with Gasteiger partial charge in [0.25, 0.3) is 5.91 Å². The first-order valence-corrected chi connectivity index (χ1v) is 9.03. The lowest BCUT2D eigenvalue weighted by atomic mass is 10.1. The number of aromatic nitrogens is 4. The van der Waals surface area contributed by atoms with Crippen LogP contribution in [0.4, 0.5) is 16.4 Å². The number of anilines is 2. The molecule has 0 bridgehead atoms. The number of carbonyl (C=O) groups excluding carboxylic acids is 2. The summed E-state index contributed by atoms with van der Waals surface area (Å²) in [5.74, 6) is 0.620. The fraction of sp³-hybridized carbons (Fsp3) is 0.231. The van der Waals surface area contributed by atoms with E-state index in [1.807, 2.05) is 0 Å². The Kier molecular flexibility index (Phi) is 8.30. The zero-order chi connectivity index (χ0) is 19.9. The largest absolute Gasteiger partial charge is 0.382 e. The molecule has 1 saturated heterocycles.